The van der Waals surface area contributed by atoms with Crippen molar-refractivity contribution in [2.75, 3.05) is 82.4 Å². The third-order valence-corrected chi connectivity index (χ3v) is 12.5. The molecule has 17 nitrogen and oxygen atoms in total. The minimum atomic E-state index is -0.457. The van der Waals surface area contributed by atoms with Crippen molar-refractivity contribution in [3.05, 3.63) is 35.8 Å². The van der Waals surface area contributed by atoms with Gasteiger partial charge in [-0.05, 0) is 92.2 Å². The predicted molar refractivity (Wildman–Crippen MR) is 237 cm³/mol. The van der Waals surface area contributed by atoms with Gasteiger partial charge < -0.3 is 34.2 Å². The first-order chi connectivity index (χ1) is 27.5. The maximum Gasteiger partial charge on any atom is 0.376 e. The van der Waals surface area contributed by atoms with E-state index in [1.165, 1.54) is 19.6 Å². The largest absolute Gasteiger partial charge is 0.464 e. The summed E-state index contributed by atoms with van der Waals surface area (Å²) >= 11 is 0. The molecular weight excluding hydrogens is 748 g/mol. The number of hydrogen-bond donors (Lipinski definition) is 3. The van der Waals surface area contributed by atoms with Gasteiger partial charge >= 0.3 is 20.1 Å². The average Bonchev–Trinajstić information content (AvgIpc) is 3.79. The van der Waals surface area contributed by atoms with Crippen molar-refractivity contribution >= 4 is 31.7 Å². The molecule has 2 atom stereocenters. The van der Waals surface area contributed by atoms with Gasteiger partial charge in [0.1, 0.15) is 23.7 Å². The van der Waals surface area contributed by atoms with Crippen molar-refractivity contribution in [2.24, 2.45) is 0 Å². The molecule has 0 saturated carbocycles. The van der Waals surface area contributed by atoms with Crippen molar-refractivity contribution in [1.29, 1.82) is 0 Å². The number of aromatic nitrogens is 7. The van der Waals surface area contributed by atoms with Crippen molar-refractivity contribution < 1.29 is 19.6 Å². The number of aryl methyl sites for hydroxylation is 2. The van der Waals surface area contributed by atoms with Gasteiger partial charge in [-0.1, -0.05) is 28.7 Å². The van der Waals surface area contributed by atoms with Crippen molar-refractivity contribution in [3.8, 4) is 11.5 Å². The third kappa shape index (κ3) is 11.6. The molecule has 0 spiro atoms. The van der Waals surface area contributed by atoms with Crippen LogP contribution in [0.1, 0.15) is 89.1 Å². The number of hydrogen-bond acceptors (Lipinski definition) is 16. The number of carbonyl (C=O) groups is 1. The lowest BCUT2D eigenvalue weighted by Gasteiger charge is -2.48. The number of esters is 1. The van der Waals surface area contributed by atoms with E-state index >= 15 is 0 Å². The normalized spacial score (nSPS) is 21.5. The van der Waals surface area contributed by atoms with E-state index in [0.717, 1.165) is 133 Å². The lowest BCUT2D eigenvalue weighted by Crippen LogP contribution is -2.59. The van der Waals surface area contributed by atoms with E-state index in [1.807, 2.05) is 27.5 Å². The third-order valence-electron chi connectivity index (χ3n) is 12.5. The van der Waals surface area contributed by atoms with E-state index < -0.39 is 5.97 Å². The molecule has 4 aliphatic rings. The van der Waals surface area contributed by atoms with Gasteiger partial charge in [-0.2, -0.15) is 5.10 Å². The minimum absolute atomic E-state index is 0. The summed E-state index contributed by atoms with van der Waals surface area (Å²) in [4.78, 5) is 48.5. The molecule has 59 heavy (non-hydrogen) atoms. The zero-order valence-corrected chi connectivity index (χ0v) is 35.1. The van der Waals surface area contributed by atoms with Crippen LogP contribution in [0.2, 0.25) is 13.6 Å². The number of piperidine rings is 2. The molecule has 0 aliphatic carbocycles. The fraction of sp³-hybridized carbons (Fsp3) is 0.725. The highest BCUT2D eigenvalue weighted by molar-refractivity contribution is 6.45. The molecule has 4 aliphatic heterocycles. The van der Waals surface area contributed by atoms with Crippen molar-refractivity contribution in [2.45, 2.75) is 119 Å². The molecule has 0 bridgehead atoms. The van der Waals surface area contributed by atoms with Crippen LogP contribution in [-0.4, -0.2) is 181 Å². The second-order valence-electron chi connectivity index (χ2n) is 15.9. The molecule has 3 aromatic heterocycles. The Morgan fingerprint density at radius 3 is 1.61 bits per heavy atom. The lowest BCUT2D eigenvalue weighted by molar-refractivity contribution is 0.0593. The standard InChI is InChI=1S/C19H31BN8O.C19H32BN5O3.2CH4/c1-4-15-12-26(9-10-28(15)16-5-7-27(8-6-16)20(3)29)19-14(2)24-17(11-21-19)18-22-13-23-25-18;1-5-15-13-23(18-14(2)22-17(12-21-18)19(26)28-4)10-11-25(15)16-6-8-24(9-7-16)20(3)27;;/h11,13,15-16,29H,4-10,12H2,1-3H3,(H,22,23,25);12,15-16,27H,5-11,13H2,1-4H3;2*1H4/t2*15-;;/m00../s1. The van der Waals surface area contributed by atoms with E-state index in [4.69, 9.17) is 14.7 Å². The number of piperazine rings is 2. The topological polar surface area (TPSA) is 179 Å². The van der Waals surface area contributed by atoms with Gasteiger partial charge in [-0.15, -0.1) is 0 Å². The molecule has 326 valence electrons. The Bertz CT molecular complexity index is 1730. The Balaban J connectivity index is 0.000000252. The van der Waals surface area contributed by atoms with Crippen LogP contribution in [0.4, 0.5) is 11.6 Å². The number of rotatable bonds is 10. The van der Waals surface area contributed by atoms with Crippen LogP contribution in [0.5, 0.6) is 0 Å². The molecule has 7 heterocycles. The second kappa shape index (κ2) is 22.2. The number of carbonyl (C=O) groups excluding carboxylic acids is 1. The molecule has 3 N–H and O–H groups in total. The number of H-pyrrole nitrogens is 1. The lowest BCUT2D eigenvalue weighted by atomic mass is 9.82. The summed E-state index contributed by atoms with van der Waals surface area (Å²) in [7, 11) is 0.662. The number of ether oxygens (including phenoxy) is 1. The van der Waals surface area contributed by atoms with Gasteiger partial charge in [0, 0.05) is 63.4 Å². The molecule has 7 rings (SSSR count). The summed E-state index contributed by atoms with van der Waals surface area (Å²) in [5.74, 6) is 2.01. The summed E-state index contributed by atoms with van der Waals surface area (Å²) in [6.07, 6.45) is 11.4. The highest BCUT2D eigenvalue weighted by atomic mass is 16.5. The van der Waals surface area contributed by atoms with Crippen LogP contribution in [0.15, 0.2) is 18.7 Å². The molecule has 19 heteroatoms. The highest BCUT2D eigenvalue weighted by Crippen LogP contribution is 2.29. The Morgan fingerprint density at radius 2 is 1.22 bits per heavy atom. The van der Waals surface area contributed by atoms with E-state index in [0.29, 0.717) is 30.0 Å². The number of methoxy groups -OCH3 is 1. The predicted octanol–water partition coefficient (Wildman–Crippen LogP) is 3.36. The average molecular weight is 820 g/mol. The van der Waals surface area contributed by atoms with Crippen LogP contribution in [-0.2, 0) is 4.74 Å². The van der Waals surface area contributed by atoms with E-state index in [-0.39, 0.29) is 34.6 Å². The Hall–Kier alpha value is -3.74. The van der Waals surface area contributed by atoms with E-state index in [1.54, 1.807) is 6.20 Å². The summed E-state index contributed by atoms with van der Waals surface area (Å²) in [5, 5.41) is 26.4. The minimum Gasteiger partial charge on any atom is -0.464 e. The number of nitrogens with one attached hydrogen (secondary N) is 1. The highest BCUT2D eigenvalue weighted by Gasteiger charge is 2.36. The molecule has 0 unspecified atom stereocenters. The second-order valence-corrected chi connectivity index (χ2v) is 15.9. The first kappa shape index (κ1) is 47.9. The molecule has 3 aromatic rings. The van der Waals surface area contributed by atoms with Crippen LogP contribution in [0.3, 0.4) is 0 Å². The molecule has 4 saturated heterocycles. The monoisotopic (exact) mass is 820 g/mol. The zero-order valence-electron chi connectivity index (χ0n) is 35.1. The molecule has 0 amide bonds. The summed E-state index contributed by atoms with van der Waals surface area (Å²) in [5.41, 5.74) is 2.66. The van der Waals surface area contributed by atoms with Gasteiger partial charge in [0.2, 0.25) is 0 Å². The van der Waals surface area contributed by atoms with E-state index in [9.17, 15) is 14.8 Å². The fourth-order valence-electron chi connectivity index (χ4n) is 9.21. The van der Waals surface area contributed by atoms with Gasteiger partial charge in [-0.25, -0.2) is 29.7 Å². The Labute approximate surface area is 353 Å². The Morgan fingerprint density at radius 1 is 0.746 bits per heavy atom. The zero-order chi connectivity index (χ0) is 40.6. The maximum absolute atomic E-state index is 11.7. The summed E-state index contributed by atoms with van der Waals surface area (Å²) in [6.45, 7) is 21.8. The van der Waals surface area contributed by atoms with Gasteiger partial charge in [0.15, 0.2) is 11.5 Å². The number of nitrogens with zero attached hydrogens (tertiary/aromatic N) is 12. The molecule has 0 radical (unpaired) electrons. The Kier molecular flexibility index (Phi) is 18.0. The van der Waals surface area contributed by atoms with Crippen molar-refractivity contribution in [3.63, 3.8) is 0 Å². The van der Waals surface area contributed by atoms with Gasteiger partial charge in [-0.3, -0.25) is 14.9 Å². The maximum atomic E-state index is 11.7. The molecule has 4 fully saturated rings. The number of aromatic amines is 1. The summed E-state index contributed by atoms with van der Waals surface area (Å²) in [6, 6.07) is 2.18. The fourth-order valence-corrected chi connectivity index (χ4v) is 9.21. The first-order valence-corrected chi connectivity index (χ1v) is 21.0. The summed E-state index contributed by atoms with van der Waals surface area (Å²) < 4.78 is 4.73. The molecule has 0 aromatic carbocycles. The SMILES string of the molecule is C.C.CC[C@H]1CN(c2ncc(-c3ncn[nH]3)nc2C)CCN1C1CCN(B(C)O)CC1.CC[C@H]1CN(c2ncc(C(=O)OC)nc2C)CCN1C1CCN(B(C)O)CC1. The van der Waals surface area contributed by atoms with E-state index in [2.05, 4.69) is 68.2 Å². The quantitative estimate of drug-likeness (QED) is 0.200. The van der Waals surface area contributed by atoms with Crippen LogP contribution < -0.4 is 9.80 Å². The van der Waals surface area contributed by atoms with Crippen molar-refractivity contribution in [1.82, 2.24) is 54.5 Å². The van der Waals surface area contributed by atoms with Crippen LogP contribution >= 0.6 is 0 Å². The smallest absolute Gasteiger partial charge is 0.376 e. The van der Waals surface area contributed by atoms with Gasteiger partial charge in [0.05, 0.1) is 30.9 Å². The van der Waals surface area contributed by atoms with Crippen LogP contribution in [0.25, 0.3) is 11.5 Å². The number of anilines is 2. The first-order valence-electron chi connectivity index (χ1n) is 21.0. The molecular formula is C40H71B2N13O4. The van der Waals surface area contributed by atoms with Crippen LogP contribution in [0, 0.1) is 13.8 Å². The van der Waals surface area contributed by atoms with Gasteiger partial charge in [0.25, 0.3) is 0 Å².